The predicted octanol–water partition coefficient (Wildman–Crippen LogP) is 2.75. The van der Waals surface area contributed by atoms with Crippen LogP contribution < -0.4 is 20.1 Å². The maximum atomic E-state index is 13.9. The molecule has 0 spiro atoms. The summed E-state index contributed by atoms with van der Waals surface area (Å²) in [5, 5.41) is 16.3. The van der Waals surface area contributed by atoms with Crippen molar-refractivity contribution in [2.45, 2.75) is 17.9 Å². The van der Waals surface area contributed by atoms with Crippen LogP contribution in [0, 0.1) is 5.92 Å². The third-order valence-electron chi connectivity index (χ3n) is 4.61. The third kappa shape index (κ3) is 2.99. The fourth-order valence-electron chi connectivity index (χ4n) is 3.30. The van der Waals surface area contributed by atoms with Gasteiger partial charge in [0.1, 0.15) is 5.92 Å². The average molecular weight is 430 g/mol. The molecule has 2 aromatic rings. The Kier molecular flexibility index (Phi) is 4.47. The van der Waals surface area contributed by atoms with Gasteiger partial charge in [-0.25, -0.2) is 0 Å². The molecule has 1 fully saturated rings. The lowest BCUT2D eigenvalue weighted by Crippen LogP contribution is -2.72. The zero-order valence-electron chi connectivity index (χ0n) is 13.9. The highest BCUT2D eigenvalue weighted by Gasteiger charge is 2.65. The molecule has 4 rings (SSSR count). The fraction of sp³-hybridized carbons (Fsp3) is 0.294. The van der Waals surface area contributed by atoms with Gasteiger partial charge in [-0.1, -0.05) is 12.1 Å². The second-order valence-corrected chi connectivity index (χ2v) is 7.63. The van der Waals surface area contributed by atoms with Crippen LogP contribution in [0.15, 0.2) is 35.7 Å². The normalized spacial score (nSPS) is 26.5. The van der Waals surface area contributed by atoms with E-state index in [-0.39, 0.29) is 11.7 Å². The van der Waals surface area contributed by atoms with Gasteiger partial charge in [-0.15, -0.1) is 11.3 Å². The van der Waals surface area contributed by atoms with E-state index in [1.54, 1.807) is 11.4 Å². The van der Waals surface area contributed by atoms with E-state index < -0.39 is 34.8 Å². The van der Waals surface area contributed by atoms with Gasteiger partial charge in [-0.3, -0.25) is 4.79 Å². The van der Waals surface area contributed by atoms with Crippen molar-refractivity contribution in [3.63, 3.8) is 0 Å². The fourth-order valence-corrected chi connectivity index (χ4v) is 4.28. The lowest BCUT2D eigenvalue weighted by Gasteiger charge is -2.46. The van der Waals surface area contributed by atoms with Gasteiger partial charge >= 0.3 is 6.18 Å². The molecule has 0 saturated carbocycles. The van der Waals surface area contributed by atoms with Gasteiger partial charge in [0.25, 0.3) is 0 Å². The van der Waals surface area contributed by atoms with Gasteiger partial charge < -0.3 is 25.2 Å². The summed E-state index contributed by atoms with van der Waals surface area (Å²) >= 11 is 5.89. The molecule has 0 unspecified atom stereocenters. The van der Waals surface area contributed by atoms with Crippen LogP contribution in [-0.2, 0) is 0 Å². The Hall–Kier alpha value is -2.37. The van der Waals surface area contributed by atoms with Crippen molar-refractivity contribution >= 4 is 34.5 Å². The summed E-state index contributed by atoms with van der Waals surface area (Å²) in [5.74, 6) is -2.02. The van der Waals surface area contributed by atoms with Gasteiger partial charge in [0.05, 0.1) is 10.9 Å². The minimum atomic E-state index is -5.16. The Labute approximate surface area is 166 Å². The molecular weight excluding hydrogens is 417 g/mol. The molecular formula is C17H13F3N2O4S2. The quantitative estimate of drug-likeness (QED) is 0.511. The second kappa shape index (κ2) is 6.61. The van der Waals surface area contributed by atoms with E-state index in [0.29, 0.717) is 17.1 Å². The minimum absolute atomic E-state index is 0.0130. The van der Waals surface area contributed by atoms with E-state index in [0.717, 1.165) is 11.3 Å². The van der Waals surface area contributed by atoms with Crippen molar-refractivity contribution in [3.05, 3.63) is 46.2 Å². The number of ketones is 1. The average Bonchev–Trinajstić information content (AvgIpc) is 3.30. The first kappa shape index (κ1) is 19.0. The number of thiophene rings is 1. The van der Waals surface area contributed by atoms with E-state index in [9.17, 15) is 23.1 Å². The molecule has 3 heterocycles. The number of nitrogens with one attached hydrogen (secondary N) is 2. The number of alkyl halides is 3. The van der Waals surface area contributed by atoms with Crippen LogP contribution in [0.1, 0.15) is 21.3 Å². The Bertz CT molecular complexity index is 935. The molecule has 1 saturated heterocycles. The molecule has 11 heteroatoms. The molecule has 0 radical (unpaired) electrons. The SMILES string of the molecule is O=C(c1cccs1)[C@H]1[C@H](c2ccc3c(c2)OCO3)NC(=S)N[C@]1(O)C(F)(F)F. The topological polar surface area (TPSA) is 79.8 Å². The summed E-state index contributed by atoms with van der Waals surface area (Å²) in [5.41, 5.74) is -3.25. The zero-order valence-corrected chi connectivity index (χ0v) is 15.6. The highest BCUT2D eigenvalue weighted by molar-refractivity contribution is 7.80. The molecule has 6 nitrogen and oxygen atoms in total. The van der Waals surface area contributed by atoms with Crippen molar-refractivity contribution in [3.8, 4) is 11.5 Å². The number of hydrogen-bond acceptors (Lipinski definition) is 6. The maximum Gasteiger partial charge on any atom is 0.437 e. The number of carbonyl (C=O) groups is 1. The number of aliphatic hydroxyl groups is 1. The molecule has 3 atom stereocenters. The summed E-state index contributed by atoms with van der Waals surface area (Å²) in [6.07, 6.45) is -5.16. The van der Waals surface area contributed by atoms with Gasteiger partial charge in [0, 0.05) is 0 Å². The molecule has 0 amide bonds. The summed E-state index contributed by atoms with van der Waals surface area (Å²) < 4.78 is 52.1. The van der Waals surface area contributed by atoms with Crippen molar-refractivity contribution in [1.29, 1.82) is 0 Å². The number of hydrogen-bond donors (Lipinski definition) is 3. The van der Waals surface area contributed by atoms with Crippen molar-refractivity contribution < 1.29 is 32.5 Å². The highest BCUT2D eigenvalue weighted by atomic mass is 32.1. The first-order chi connectivity index (χ1) is 13.2. The second-order valence-electron chi connectivity index (χ2n) is 6.27. The zero-order chi connectivity index (χ0) is 20.1. The van der Waals surface area contributed by atoms with E-state index in [1.165, 1.54) is 24.3 Å². The van der Waals surface area contributed by atoms with Crippen molar-refractivity contribution in [1.82, 2.24) is 10.6 Å². The Morgan fingerprint density at radius 1 is 1.29 bits per heavy atom. The van der Waals surface area contributed by atoms with Crippen LogP contribution in [0.3, 0.4) is 0 Å². The van der Waals surface area contributed by atoms with Crippen LogP contribution in [0.4, 0.5) is 13.2 Å². The van der Waals surface area contributed by atoms with E-state index in [4.69, 9.17) is 21.7 Å². The van der Waals surface area contributed by atoms with Gasteiger partial charge in [0.15, 0.2) is 22.4 Å². The van der Waals surface area contributed by atoms with Gasteiger partial charge in [-0.05, 0) is 41.4 Å². The number of rotatable bonds is 3. The van der Waals surface area contributed by atoms with Gasteiger partial charge in [0.2, 0.25) is 12.5 Å². The number of Topliss-reactive ketones (excluding diaryl/α,β-unsaturated/α-hetero) is 1. The molecule has 2 aliphatic rings. The number of fused-ring (bicyclic) bond motifs is 1. The number of ether oxygens (including phenoxy) is 2. The van der Waals surface area contributed by atoms with Crippen molar-refractivity contribution in [2.75, 3.05) is 6.79 Å². The Balaban J connectivity index is 1.84. The number of carbonyl (C=O) groups excluding carboxylic acids is 1. The first-order valence-electron chi connectivity index (χ1n) is 8.06. The Morgan fingerprint density at radius 2 is 2.04 bits per heavy atom. The molecule has 1 aromatic carbocycles. The van der Waals surface area contributed by atoms with E-state index in [2.05, 4.69) is 5.32 Å². The third-order valence-corrected chi connectivity index (χ3v) is 5.71. The summed E-state index contributed by atoms with van der Waals surface area (Å²) in [7, 11) is 0. The smallest absolute Gasteiger partial charge is 0.437 e. The summed E-state index contributed by atoms with van der Waals surface area (Å²) in [6, 6.07) is 6.22. The monoisotopic (exact) mass is 430 g/mol. The lowest BCUT2D eigenvalue weighted by molar-refractivity contribution is -0.285. The van der Waals surface area contributed by atoms with Crippen LogP contribution in [0.5, 0.6) is 11.5 Å². The molecule has 2 aliphatic heterocycles. The molecule has 148 valence electrons. The first-order valence-corrected chi connectivity index (χ1v) is 9.34. The Morgan fingerprint density at radius 3 is 2.71 bits per heavy atom. The van der Waals surface area contributed by atoms with Crippen LogP contribution in [-0.4, -0.2) is 34.7 Å². The number of benzene rings is 1. The molecule has 0 aliphatic carbocycles. The van der Waals surface area contributed by atoms with Crippen molar-refractivity contribution in [2.24, 2.45) is 5.92 Å². The minimum Gasteiger partial charge on any atom is -0.454 e. The number of thiocarbonyl (C=S) groups is 1. The van der Waals surface area contributed by atoms with Gasteiger partial charge in [-0.2, -0.15) is 13.2 Å². The largest absolute Gasteiger partial charge is 0.454 e. The summed E-state index contributed by atoms with van der Waals surface area (Å²) in [6.45, 7) is -0.0130. The molecule has 0 bridgehead atoms. The highest BCUT2D eigenvalue weighted by Crippen LogP contribution is 2.45. The number of halogens is 3. The molecule has 28 heavy (non-hydrogen) atoms. The van der Waals surface area contributed by atoms with E-state index >= 15 is 0 Å². The van der Waals surface area contributed by atoms with E-state index in [1.807, 2.05) is 5.32 Å². The maximum absolute atomic E-state index is 13.9. The predicted molar refractivity (Wildman–Crippen MR) is 97.3 cm³/mol. The van der Waals surface area contributed by atoms with Crippen LogP contribution >= 0.6 is 23.6 Å². The van der Waals surface area contributed by atoms with Crippen LogP contribution in [0.25, 0.3) is 0 Å². The molecule has 3 N–H and O–H groups in total. The standard InChI is InChI=1S/C17H13F3N2O4S2/c18-17(19,20)16(24)12(14(23)11-2-1-5-28-11)13(21-15(27)22-16)8-3-4-9-10(6-8)26-7-25-9/h1-6,12-13,24H,7H2,(H2,21,22,27)/t12-,13+,16-/m1/s1. The molecule has 1 aromatic heterocycles. The lowest BCUT2D eigenvalue weighted by atomic mass is 9.78. The summed E-state index contributed by atoms with van der Waals surface area (Å²) in [4.78, 5) is 13.1. The van der Waals surface area contributed by atoms with Crippen LogP contribution in [0.2, 0.25) is 0 Å².